The Hall–Kier alpha value is -5.66. The molecule has 9 aromatic rings. The second-order valence-electron chi connectivity index (χ2n) is 11.2. The van der Waals surface area contributed by atoms with Crippen LogP contribution < -0.4 is 0 Å². The van der Waals surface area contributed by atoms with Crippen molar-refractivity contribution < 1.29 is 12.6 Å². The first-order valence-corrected chi connectivity index (χ1v) is 14.7. The third-order valence-electron chi connectivity index (χ3n) is 8.70. The minimum absolute atomic E-state index is 0.00546. The lowest BCUT2D eigenvalue weighted by molar-refractivity contribution is 0.669. The molecule has 206 valence electrons. The van der Waals surface area contributed by atoms with Gasteiger partial charge < -0.3 is 4.42 Å². The quantitative estimate of drug-likeness (QED) is 0.194. The topological polar surface area (TPSA) is 13.1 Å². The maximum Gasteiger partial charge on any atom is 0.136 e. The van der Waals surface area contributed by atoms with Crippen LogP contribution in [0.15, 0.2) is 156 Å². The van der Waals surface area contributed by atoms with Gasteiger partial charge in [0.15, 0.2) is 0 Å². The molecular formula is C43H28O. The van der Waals surface area contributed by atoms with Gasteiger partial charge in [0.1, 0.15) is 11.2 Å². The van der Waals surface area contributed by atoms with Crippen molar-refractivity contribution in [2.75, 3.05) is 0 Å². The van der Waals surface area contributed by atoms with Crippen LogP contribution in [0, 0.1) is 6.92 Å². The number of benzene rings is 8. The second-order valence-corrected chi connectivity index (χ2v) is 11.2. The molecule has 0 saturated heterocycles. The van der Waals surface area contributed by atoms with Crippen molar-refractivity contribution in [1.82, 2.24) is 0 Å². The second kappa shape index (κ2) is 9.69. The Morgan fingerprint density at radius 1 is 0.477 bits per heavy atom. The first kappa shape index (κ1) is 19.5. The van der Waals surface area contributed by atoms with E-state index in [0.29, 0.717) is 22.1 Å². The van der Waals surface area contributed by atoms with E-state index < -0.39 is 0 Å². The van der Waals surface area contributed by atoms with E-state index in [4.69, 9.17) is 9.90 Å². The molecule has 0 atom stereocenters. The van der Waals surface area contributed by atoms with Gasteiger partial charge in [0, 0.05) is 10.8 Å². The lowest BCUT2D eigenvalue weighted by atomic mass is 9.83. The number of aryl methyl sites for hydroxylation is 1. The van der Waals surface area contributed by atoms with Crippen molar-refractivity contribution in [3.05, 3.63) is 157 Å². The highest BCUT2D eigenvalue weighted by Gasteiger charge is 2.21. The molecule has 44 heavy (non-hydrogen) atoms. The van der Waals surface area contributed by atoms with Gasteiger partial charge in [-0.1, -0.05) is 133 Å². The fraction of sp³-hybridized carbons (Fsp3) is 0.0233. The summed E-state index contributed by atoms with van der Waals surface area (Å²) in [5, 5.41) is 6.54. The molecule has 8 aromatic carbocycles. The minimum atomic E-state index is -0.305. The molecule has 0 amide bonds. The molecule has 0 radical (unpaired) electrons. The van der Waals surface area contributed by atoms with Crippen LogP contribution in [0.25, 0.3) is 87.6 Å². The number of fused-ring (bicyclic) bond motifs is 6. The Morgan fingerprint density at radius 3 is 1.82 bits per heavy atom. The monoisotopic (exact) mass is 566 g/mol. The third-order valence-corrected chi connectivity index (χ3v) is 8.70. The van der Waals surface area contributed by atoms with Crippen molar-refractivity contribution in [2.45, 2.75) is 6.92 Å². The smallest absolute Gasteiger partial charge is 0.136 e. The first-order valence-electron chi connectivity index (χ1n) is 17.7. The Labute approximate surface area is 264 Å². The van der Waals surface area contributed by atoms with Gasteiger partial charge in [-0.15, -0.1) is 0 Å². The van der Waals surface area contributed by atoms with Gasteiger partial charge in [-0.3, -0.25) is 0 Å². The highest BCUT2D eigenvalue weighted by molar-refractivity contribution is 6.27. The van der Waals surface area contributed by atoms with Gasteiger partial charge in [-0.25, -0.2) is 0 Å². The van der Waals surface area contributed by atoms with Gasteiger partial charge in [0.05, 0.1) is 8.22 Å². The van der Waals surface area contributed by atoms with Crippen molar-refractivity contribution in [3.63, 3.8) is 0 Å². The van der Waals surface area contributed by atoms with Crippen molar-refractivity contribution in [3.8, 4) is 33.4 Å². The summed E-state index contributed by atoms with van der Waals surface area (Å²) in [6, 6.07) is 36.9. The molecule has 0 aliphatic heterocycles. The Bertz CT molecular complexity index is 2830. The predicted octanol–water partition coefficient (Wildman–Crippen LogP) is 12.4. The third kappa shape index (κ3) is 3.66. The van der Waals surface area contributed by atoms with Crippen LogP contribution in [0.5, 0.6) is 0 Å². The lowest BCUT2D eigenvalue weighted by Gasteiger charge is -2.19. The molecule has 1 aromatic heterocycles. The van der Waals surface area contributed by atoms with Crippen molar-refractivity contribution >= 4 is 54.3 Å². The summed E-state index contributed by atoms with van der Waals surface area (Å²) in [4.78, 5) is 0. The van der Waals surface area contributed by atoms with Crippen molar-refractivity contribution in [1.29, 1.82) is 0 Å². The average molecular weight is 567 g/mol. The fourth-order valence-electron chi connectivity index (χ4n) is 6.82. The Balaban J connectivity index is 1.51. The minimum Gasteiger partial charge on any atom is -0.456 e. The van der Waals surface area contributed by atoms with Crippen LogP contribution in [0.4, 0.5) is 0 Å². The molecule has 0 spiro atoms. The van der Waals surface area contributed by atoms with E-state index in [-0.39, 0.29) is 58.4 Å². The van der Waals surface area contributed by atoms with E-state index in [0.717, 1.165) is 49.0 Å². The largest absolute Gasteiger partial charge is 0.456 e. The molecular weight excluding hydrogens is 532 g/mol. The number of hydrogen-bond donors (Lipinski definition) is 0. The van der Waals surface area contributed by atoms with Gasteiger partial charge in [-0.05, 0) is 96.3 Å². The molecule has 0 bridgehead atoms. The number of furan rings is 1. The average Bonchev–Trinajstić information content (AvgIpc) is 3.54. The van der Waals surface area contributed by atoms with Crippen LogP contribution in [0.2, 0.25) is 0 Å². The van der Waals surface area contributed by atoms with E-state index in [2.05, 4.69) is 55.5 Å². The molecule has 1 heterocycles. The van der Waals surface area contributed by atoms with E-state index in [1.165, 1.54) is 0 Å². The maximum atomic E-state index is 9.50. The van der Waals surface area contributed by atoms with E-state index in [9.17, 15) is 2.74 Å². The predicted molar refractivity (Wildman–Crippen MR) is 187 cm³/mol. The SMILES string of the molecule is [2H]c1c(-c2ccccc2)c([2H])c2c(oc3c([2H])c([2H])c([2H])c(-c4c5ccccc5c(-c5cccc6cccc(C)c56)c5ccccc45)c32)c1[2H]. The van der Waals surface area contributed by atoms with Crippen LogP contribution in [0.3, 0.4) is 0 Å². The molecule has 0 unspecified atom stereocenters. The molecule has 0 aliphatic carbocycles. The summed E-state index contributed by atoms with van der Waals surface area (Å²) in [5.74, 6) is 0. The summed E-state index contributed by atoms with van der Waals surface area (Å²) in [7, 11) is 0. The number of hydrogen-bond acceptors (Lipinski definition) is 1. The molecule has 1 heteroatoms. The molecule has 9 rings (SSSR count). The zero-order valence-electron chi connectivity index (χ0n) is 29.9. The highest BCUT2D eigenvalue weighted by Crippen LogP contribution is 2.48. The first-order chi connectivity index (χ1) is 24.3. The summed E-state index contributed by atoms with van der Waals surface area (Å²) in [6.07, 6.45) is 0. The molecule has 1 nitrogen and oxygen atoms in total. The van der Waals surface area contributed by atoms with Gasteiger partial charge >= 0.3 is 0 Å². The van der Waals surface area contributed by atoms with Crippen molar-refractivity contribution in [2.24, 2.45) is 0 Å². The Morgan fingerprint density at radius 2 is 1.11 bits per heavy atom. The van der Waals surface area contributed by atoms with E-state index in [1.54, 1.807) is 0 Å². The van der Waals surface area contributed by atoms with Crippen LogP contribution in [-0.4, -0.2) is 0 Å². The fourth-order valence-corrected chi connectivity index (χ4v) is 6.82. The molecule has 0 N–H and O–H groups in total. The zero-order chi connectivity index (χ0) is 34.4. The highest BCUT2D eigenvalue weighted by atomic mass is 16.3. The summed E-state index contributed by atoms with van der Waals surface area (Å²) in [5.41, 5.74) is 5.32. The lowest BCUT2D eigenvalue weighted by Crippen LogP contribution is -1.92. The van der Waals surface area contributed by atoms with E-state index >= 15 is 0 Å². The van der Waals surface area contributed by atoms with Crippen LogP contribution >= 0.6 is 0 Å². The Kier molecular flexibility index (Phi) is 4.30. The molecule has 0 saturated carbocycles. The van der Waals surface area contributed by atoms with Gasteiger partial charge in [0.25, 0.3) is 0 Å². The van der Waals surface area contributed by atoms with Gasteiger partial charge in [0.2, 0.25) is 0 Å². The normalized spacial score (nSPS) is 13.7. The van der Waals surface area contributed by atoms with Crippen LogP contribution in [-0.2, 0) is 0 Å². The summed E-state index contributed by atoms with van der Waals surface area (Å²) in [6.45, 7) is 2.13. The molecule has 0 aliphatic rings. The summed E-state index contributed by atoms with van der Waals surface area (Å²) < 4.78 is 61.0. The molecule has 0 fully saturated rings. The number of rotatable bonds is 3. The standard InChI is InChI=1S/C43H28O/c1-27-12-9-15-29-16-10-21-35(40(27)29)41-31-17-5-7-19-33(31)42(34-20-8-6-18-32(34)41)36-22-11-23-39-43(36)37-26-30(24-25-38(37)44-39)28-13-3-2-4-14-28/h2-26H,1H3/i11D,22D,23D,24D,25D,26D. The van der Waals surface area contributed by atoms with Gasteiger partial charge in [-0.2, -0.15) is 0 Å². The zero-order valence-corrected chi connectivity index (χ0v) is 23.9. The summed E-state index contributed by atoms with van der Waals surface area (Å²) >= 11 is 0. The van der Waals surface area contributed by atoms with E-state index in [1.807, 2.05) is 66.7 Å². The van der Waals surface area contributed by atoms with Crippen LogP contribution in [0.1, 0.15) is 13.8 Å². The maximum absolute atomic E-state index is 9.50.